The molecule has 9 heteroatoms. The minimum atomic E-state index is -3.60. The van der Waals surface area contributed by atoms with E-state index in [1.165, 1.54) is 6.20 Å². The highest BCUT2D eigenvalue weighted by Gasteiger charge is 2.21. The van der Waals surface area contributed by atoms with Gasteiger partial charge in [0, 0.05) is 18.1 Å². The van der Waals surface area contributed by atoms with Crippen LogP contribution in [0.1, 0.15) is 5.56 Å². The topological polar surface area (TPSA) is 68.1 Å². The van der Waals surface area contributed by atoms with Gasteiger partial charge in [-0.3, -0.25) is 4.68 Å². The quantitative estimate of drug-likeness (QED) is 0.484. The van der Waals surface area contributed by atoms with Gasteiger partial charge in [0.25, 0.3) is 0 Å². The van der Waals surface area contributed by atoms with E-state index in [-0.39, 0.29) is 9.92 Å². The molecule has 6 nitrogen and oxygen atoms in total. The number of sulfone groups is 1. The predicted molar refractivity (Wildman–Crippen MR) is 100 cm³/mol. The zero-order valence-corrected chi connectivity index (χ0v) is 16.5. The molecule has 0 saturated carbocycles. The minimum Gasteiger partial charge on any atom is -0.309 e. The summed E-state index contributed by atoms with van der Waals surface area (Å²) in [4.78, 5) is 2.39. The third-order valence-electron chi connectivity index (χ3n) is 3.23. The number of rotatable bonds is 9. The molecule has 2 aromatic rings. The largest absolute Gasteiger partial charge is 0.309 e. The molecular formula is C15H22N4O2S3. The van der Waals surface area contributed by atoms with Crippen LogP contribution in [0.2, 0.25) is 0 Å². The first kappa shape index (κ1) is 19.3. The van der Waals surface area contributed by atoms with E-state index in [2.05, 4.69) is 29.3 Å². The van der Waals surface area contributed by atoms with Crippen molar-refractivity contribution in [3.63, 3.8) is 0 Å². The lowest BCUT2D eigenvalue weighted by atomic mass is 10.2. The maximum Gasteiger partial charge on any atom is 0.227 e. The summed E-state index contributed by atoms with van der Waals surface area (Å²) in [5.41, 5.74) is 1.02. The molecule has 1 aromatic heterocycles. The Bertz CT molecular complexity index is 742. The van der Waals surface area contributed by atoms with Crippen molar-refractivity contribution in [2.45, 2.75) is 23.4 Å². The predicted octanol–water partition coefficient (Wildman–Crippen LogP) is 2.36. The fraction of sp³-hybridized carbons (Fsp3) is 0.467. The van der Waals surface area contributed by atoms with Crippen LogP contribution in [0.4, 0.5) is 0 Å². The van der Waals surface area contributed by atoms with Crippen molar-refractivity contribution >= 4 is 31.4 Å². The van der Waals surface area contributed by atoms with E-state index in [1.54, 1.807) is 50.5 Å². The van der Waals surface area contributed by atoms with Gasteiger partial charge in [0.2, 0.25) is 14.9 Å². The fourth-order valence-corrected chi connectivity index (χ4v) is 5.05. The molecule has 0 atom stereocenters. The number of nitrogens with zero attached hydrogens (tertiary/aromatic N) is 4. The molecule has 0 aliphatic rings. The molecule has 0 N–H and O–H groups in total. The van der Waals surface area contributed by atoms with Crippen LogP contribution in [-0.2, 0) is 16.4 Å². The van der Waals surface area contributed by atoms with Gasteiger partial charge in [0.15, 0.2) is 0 Å². The summed E-state index contributed by atoms with van der Waals surface area (Å²) in [6, 6.07) is 6.75. The van der Waals surface area contributed by atoms with Crippen molar-refractivity contribution in [2.24, 2.45) is 0 Å². The van der Waals surface area contributed by atoms with Crippen LogP contribution in [0, 0.1) is 6.92 Å². The summed E-state index contributed by atoms with van der Waals surface area (Å²) >= 11 is 0. The molecular weight excluding hydrogens is 364 g/mol. The maximum atomic E-state index is 12.5. The normalized spacial score (nSPS) is 12.0. The van der Waals surface area contributed by atoms with Crippen molar-refractivity contribution in [1.82, 2.24) is 19.9 Å². The Morgan fingerprint density at radius 1 is 1.12 bits per heavy atom. The fourth-order valence-electron chi connectivity index (χ4n) is 1.82. The first-order chi connectivity index (χ1) is 11.4. The van der Waals surface area contributed by atoms with Gasteiger partial charge in [-0.05, 0) is 33.2 Å². The van der Waals surface area contributed by atoms with Crippen LogP contribution < -0.4 is 0 Å². The molecule has 0 bridgehead atoms. The Hall–Kier alpha value is -1.03. The van der Waals surface area contributed by atoms with Gasteiger partial charge >= 0.3 is 0 Å². The Balaban J connectivity index is 1.89. The second kappa shape index (κ2) is 8.89. The first-order valence-corrected chi connectivity index (χ1v) is 11.5. The molecule has 0 spiro atoms. The third kappa shape index (κ3) is 5.51. The van der Waals surface area contributed by atoms with E-state index in [4.69, 9.17) is 0 Å². The summed E-state index contributed by atoms with van der Waals surface area (Å²) in [5, 5.41) is 7.75. The van der Waals surface area contributed by atoms with E-state index in [9.17, 15) is 8.42 Å². The van der Waals surface area contributed by atoms with Gasteiger partial charge in [-0.25, -0.2) is 8.42 Å². The van der Waals surface area contributed by atoms with E-state index in [0.29, 0.717) is 6.54 Å². The first-order valence-electron chi connectivity index (χ1n) is 7.50. The number of aromatic nitrogens is 3. The van der Waals surface area contributed by atoms with Gasteiger partial charge in [-0.1, -0.05) is 44.5 Å². The van der Waals surface area contributed by atoms with Gasteiger partial charge in [-0.15, -0.1) is 5.10 Å². The molecule has 0 fully saturated rings. The average molecular weight is 387 g/mol. The van der Waals surface area contributed by atoms with E-state index in [0.717, 1.165) is 23.6 Å². The second-order valence-electron chi connectivity index (χ2n) is 5.58. The van der Waals surface area contributed by atoms with Crippen molar-refractivity contribution < 1.29 is 8.42 Å². The maximum absolute atomic E-state index is 12.5. The monoisotopic (exact) mass is 386 g/mol. The molecule has 0 aliphatic heterocycles. The summed E-state index contributed by atoms with van der Waals surface area (Å²) < 4.78 is 26.6. The van der Waals surface area contributed by atoms with Gasteiger partial charge in [-0.2, -0.15) is 0 Å². The molecule has 1 aromatic carbocycles. The Morgan fingerprint density at radius 2 is 1.79 bits per heavy atom. The Kier molecular flexibility index (Phi) is 7.15. The van der Waals surface area contributed by atoms with Gasteiger partial charge in [0.05, 0.1) is 17.6 Å². The van der Waals surface area contributed by atoms with Crippen LogP contribution in [0.15, 0.2) is 40.4 Å². The number of hydrogen-bond donors (Lipinski definition) is 0. The van der Waals surface area contributed by atoms with Crippen LogP contribution in [0.5, 0.6) is 0 Å². The molecule has 0 radical (unpaired) electrons. The summed E-state index contributed by atoms with van der Waals surface area (Å²) in [5.74, 6) is 1.91. The van der Waals surface area contributed by atoms with Crippen LogP contribution >= 0.6 is 21.6 Å². The lowest BCUT2D eigenvalue weighted by Gasteiger charge is -2.07. The standard InChI is InChI=1S/C15H22N4O2S3/c1-13-4-6-14(7-5-13)24(20,21)15-12-19(17-16-15)9-11-23-22-10-8-18(2)3/h4-7,12H,8-11H2,1-3H3. The second-order valence-corrected chi connectivity index (χ2v) is 10.2. The smallest absolute Gasteiger partial charge is 0.227 e. The van der Waals surface area contributed by atoms with E-state index >= 15 is 0 Å². The number of aryl methyl sites for hydroxylation is 2. The SMILES string of the molecule is Cc1ccc(S(=O)(=O)c2cn(CCSSCCN(C)C)nn2)cc1. The summed E-state index contributed by atoms with van der Waals surface area (Å²) in [6.07, 6.45) is 1.50. The molecule has 2 rings (SSSR count). The Morgan fingerprint density at radius 3 is 2.46 bits per heavy atom. The third-order valence-corrected chi connectivity index (χ3v) is 7.23. The zero-order chi connectivity index (χ0) is 17.6. The number of benzene rings is 1. The Labute approximate surface area is 151 Å². The number of hydrogen-bond acceptors (Lipinski definition) is 7. The van der Waals surface area contributed by atoms with Crippen molar-refractivity contribution in [3.8, 4) is 0 Å². The van der Waals surface area contributed by atoms with Crippen LogP contribution in [0.25, 0.3) is 0 Å². The molecule has 24 heavy (non-hydrogen) atoms. The van der Waals surface area contributed by atoms with Gasteiger partial charge in [0.1, 0.15) is 0 Å². The van der Waals surface area contributed by atoms with Crippen molar-refractivity contribution in [2.75, 3.05) is 32.1 Å². The van der Waals surface area contributed by atoms with E-state index in [1.807, 2.05) is 6.92 Å². The highest BCUT2D eigenvalue weighted by atomic mass is 33.1. The lowest BCUT2D eigenvalue weighted by molar-refractivity contribution is 0.438. The van der Waals surface area contributed by atoms with Crippen molar-refractivity contribution in [1.29, 1.82) is 0 Å². The summed E-state index contributed by atoms with van der Waals surface area (Å²) in [6.45, 7) is 3.59. The van der Waals surface area contributed by atoms with Crippen LogP contribution in [-0.4, -0.2) is 60.5 Å². The molecule has 1 heterocycles. The minimum absolute atomic E-state index is 0.00314. The van der Waals surface area contributed by atoms with Crippen LogP contribution in [0.3, 0.4) is 0 Å². The van der Waals surface area contributed by atoms with Gasteiger partial charge < -0.3 is 4.90 Å². The lowest BCUT2D eigenvalue weighted by Crippen LogP contribution is -2.14. The average Bonchev–Trinajstić information content (AvgIpc) is 3.00. The highest BCUT2D eigenvalue weighted by Crippen LogP contribution is 2.22. The highest BCUT2D eigenvalue weighted by molar-refractivity contribution is 8.76. The van der Waals surface area contributed by atoms with Crippen molar-refractivity contribution in [3.05, 3.63) is 36.0 Å². The molecule has 0 saturated heterocycles. The molecule has 0 amide bonds. The molecule has 132 valence electrons. The summed E-state index contributed by atoms with van der Waals surface area (Å²) in [7, 11) is 4.07. The molecule has 0 aliphatic carbocycles. The van der Waals surface area contributed by atoms with E-state index < -0.39 is 9.84 Å². The molecule has 0 unspecified atom stereocenters. The zero-order valence-electron chi connectivity index (χ0n) is 14.0.